The van der Waals surface area contributed by atoms with Crippen molar-refractivity contribution in [3.63, 3.8) is 0 Å². The van der Waals surface area contributed by atoms with Crippen molar-refractivity contribution in [3.05, 3.63) is 24.2 Å². The van der Waals surface area contributed by atoms with Gasteiger partial charge in [-0.05, 0) is 39.5 Å². The Morgan fingerprint density at radius 2 is 1.94 bits per heavy atom. The van der Waals surface area contributed by atoms with Crippen molar-refractivity contribution in [2.75, 3.05) is 19.6 Å². The number of nitrogens with zero attached hydrogens (tertiary/aromatic N) is 1. The quantitative estimate of drug-likeness (QED) is 0.791. The summed E-state index contributed by atoms with van der Waals surface area (Å²) in [6.45, 7) is 14.2. The maximum atomic E-state index is 5.23. The van der Waals surface area contributed by atoms with E-state index in [0.717, 1.165) is 19.6 Å². The maximum Gasteiger partial charge on any atom is 0.0951 e. The van der Waals surface area contributed by atoms with E-state index in [9.17, 15) is 0 Å². The highest BCUT2D eigenvalue weighted by molar-refractivity contribution is 5.17. The summed E-state index contributed by atoms with van der Waals surface area (Å²) in [5.41, 5.74) is 1.30. The molecule has 0 saturated carbocycles. The zero-order valence-corrected chi connectivity index (χ0v) is 11.8. The summed E-state index contributed by atoms with van der Waals surface area (Å²) in [5.74, 6) is 0. The van der Waals surface area contributed by atoms with E-state index in [0.29, 0.717) is 6.04 Å². The van der Waals surface area contributed by atoms with Gasteiger partial charge in [0.1, 0.15) is 0 Å². The normalized spacial score (nSPS) is 14.2. The summed E-state index contributed by atoms with van der Waals surface area (Å²) >= 11 is 0. The zero-order chi connectivity index (χ0) is 12.9. The molecule has 3 heteroatoms. The number of furan rings is 1. The molecule has 1 unspecified atom stereocenters. The molecule has 17 heavy (non-hydrogen) atoms. The van der Waals surface area contributed by atoms with Gasteiger partial charge in [-0.3, -0.25) is 4.90 Å². The van der Waals surface area contributed by atoms with Crippen LogP contribution < -0.4 is 5.32 Å². The standard InChI is InChI=1S/C14H26N2O/c1-6-15-13(12-9-10-17-11-12)14(4,5)16(7-2)8-3/h9-11,13,15H,6-8H2,1-5H3. The van der Waals surface area contributed by atoms with Gasteiger partial charge in [0.25, 0.3) is 0 Å². The molecule has 0 aromatic carbocycles. The SMILES string of the molecule is CCNC(c1ccoc1)C(C)(C)N(CC)CC. The van der Waals surface area contributed by atoms with E-state index in [-0.39, 0.29) is 5.54 Å². The molecular weight excluding hydrogens is 212 g/mol. The second-order valence-corrected chi connectivity index (χ2v) is 4.87. The van der Waals surface area contributed by atoms with Crippen molar-refractivity contribution < 1.29 is 4.42 Å². The zero-order valence-electron chi connectivity index (χ0n) is 11.8. The highest BCUT2D eigenvalue weighted by Gasteiger charge is 2.34. The van der Waals surface area contributed by atoms with Crippen LogP contribution in [0.1, 0.15) is 46.2 Å². The van der Waals surface area contributed by atoms with Crippen molar-refractivity contribution in [1.29, 1.82) is 0 Å². The van der Waals surface area contributed by atoms with Crippen LogP contribution in [0.5, 0.6) is 0 Å². The van der Waals surface area contributed by atoms with Crippen molar-refractivity contribution in [1.82, 2.24) is 10.2 Å². The van der Waals surface area contributed by atoms with E-state index in [1.807, 2.05) is 6.26 Å². The average Bonchev–Trinajstić information content (AvgIpc) is 2.80. The predicted octanol–water partition coefficient (Wildman–Crippen LogP) is 3.05. The molecule has 1 heterocycles. The van der Waals surface area contributed by atoms with Crippen LogP contribution >= 0.6 is 0 Å². The first kappa shape index (κ1) is 14.3. The fourth-order valence-corrected chi connectivity index (χ4v) is 2.64. The third-order valence-electron chi connectivity index (χ3n) is 3.57. The molecule has 98 valence electrons. The van der Waals surface area contributed by atoms with Gasteiger partial charge < -0.3 is 9.73 Å². The molecule has 0 saturated heterocycles. The van der Waals surface area contributed by atoms with Crippen LogP contribution in [0.15, 0.2) is 23.0 Å². The van der Waals surface area contributed by atoms with Gasteiger partial charge in [-0.2, -0.15) is 0 Å². The lowest BCUT2D eigenvalue weighted by Gasteiger charge is -2.43. The lowest BCUT2D eigenvalue weighted by atomic mass is 9.88. The molecule has 0 amide bonds. The Balaban J connectivity index is 2.96. The van der Waals surface area contributed by atoms with Gasteiger partial charge in [-0.15, -0.1) is 0 Å². The molecule has 0 aliphatic carbocycles. The van der Waals surface area contributed by atoms with Crippen LogP contribution in [0.4, 0.5) is 0 Å². The molecule has 0 aliphatic rings. The Bertz CT molecular complexity index is 302. The second-order valence-electron chi connectivity index (χ2n) is 4.87. The summed E-state index contributed by atoms with van der Waals surface area (Å²) in [6, 6.07) is 2.35. The Morgan fingerprint density at radius 3 is 2.35 bits per heavy atom. The topological polar surface area (TPSA) is 28.4 Å². The van der Waals surface area contributed by atoms with E-state index in [2.05, 4.69) is 50.9 Å². The first-order valence-electron chi connectivity index (χ1n) is 6.58. The van der Waals surface area contributed by atoms with Crippen molar-refractivity contribution >= 4 is 0 Å². The van der Waals surface area contributed by atoms with Gasteiger partial charge in [0.2, 0.25) is 0 Å². The summed E-state index contributed by atoms with van der Waals surface area (Å²) in [6.07, 6.45) is 3.59. The first-order chi connectivity index (χ1) is 8.07. The van der Waals surface area contributed by atoms with Gasteiger partial charge in [-0.1, -0.05) is 20.8 Å². The van der Waals surface area contributed by atoms with Crippen molar-refractivity contribution in [3.8, 4) is 0 Å². The summed E-state index contributed by atoms with van der Waals surface area (Å²) in [7, 11) is 0. The highest BCUT2D eigenvalue weighted by atomic mass is 16.3. The van der Waals surface area contributed by atoms with Gasteiger partial charge >= 0.3 is 0 Å². The van der Waals surface area contributed by atoms with Gasteiger partial charge in [-0.25, -0.2) is 0 Å². The van der Waals surface area contributed by atoms with E-state index in [4.69, 9.17) is 4.42 Å². The fourth-order valence-electron chi connectivity index (χ4n) is 2.64. The van der Waals surface area contributed by atoms with Crippen LogP contribution in [0.3, 0.4) is 0 Å². The minimum atomic E-state index is 0.0728. The van der Waals surface area contributed by atoms with Crippen LogP contribution in [0, 0.1) is 0 Å². The van der Waals surface area contributed by atoms with Crippen LogP contribution in [0.2, 0.25) is 0 Å². The molecule has 1 atom stereocenters. The Morgan fingerprint density at radius 1 is 1.29 bits per heavy atom. The molecule has 1 aromatic rings. The highest BCUT2D eigenvalue weighted by Crippen LogP contribution is 2.31. The predicted molar refractivity (Wildman–Crippen MR) is 72.1 cm³/mol. The van der Waals surface area contributed by atoms with Crippen LogP contribution in [-0.2, 0) is 0 Å². The molecule has 1 rings (SSSR count). The molecule has 3 nitrogen and oxygen atoms in total. The third-order valence-corrected chi connectivity index (χ3v) is 3.57. The molecule has 1 aromatic heterocycles. The molecule has 0 fully saturated rings. The van der Waals surface area contributed by atoms with E-state index in [1.165, 1.54) is 5.56 Å². The Kier molecular flexibility index (Phi) is 5.22. The fraction of sp³-hybridized carbons (Fsp3) is 0.714. The summed E-state index contributed by atoms with van der Waals surface area (Å²) in [4.78, 5) is 2.48. The number of nitrogens with one attached hydrogen (secondary N) is 1. The average molecular weight is 238 g/mol. The largest absolute Gasteiger partial charge is 0.472 e. The summed E-state index contributed by atoms with van der Waals surface area (Å²) < 4.78 is 5.23. The number of hydrogen-bond donors (Lipinski definition) is 1. The first-order valence-corrected chi connectivity index (χ1v) is 6.58. The maximum absolute atomic E-state index is 5.23. The lowest BCUT2D eigenvalue weighted by Crippen LogP contribution is -2.52. The third kappa shape index (κ3) is 3.11. The van der Waals surface area contributed by atoms with Crippen molar-refractivity contribution in [2.45, 2.75) is 46.2 Å². The van der Waals surface area contributed by atoms with Crippen LogP contribution in [0.25, 0.3) is 0 Å². The van der Waals surface area contributed by atoms with Gasteiger partial charge in [0.05, 0.1) is 18.6 Å². The smallest absolute Gasteiger partial charge is 0.0951 e. The Labute approximate surface area is 105 Å². The van der Waals surface area contributed by atoms with Gasteiger partial charge in [0, 0.05) is 11.1 Å². The minimum Gasteiger partial charge on any atom is -0.472 e. The molecule has 0 aliphatic heterocycles. The second kappa shape index (κ2) is 6.22. The minimum absolute atomic E-state index is 0.0728. The molecule has 0 spiro atoms. The molecular formula is C14H26N2O. The van der Waals surface area contributed by atoms with Gasteiger partial charge in [0.15, 0.2) is 0 Å². The monoisotopic (exact) mass is 238 g/mol. The number of likely N-dealkylation sites (N-methyl/N-ethyl adjacent to an activating group) is 2. The van der Waals surface area contributed by atoms with E-state index in [1.54, 1.807) is 6.26 Å². The van der Waals surface area contributed by atoms with E-state index >= 15 is 0 Å². The van der Waals surface area contributed by atoms with Crippen LogP contribution in [-0.4, -0.2) is 30.1 Å². The van der Waals surface area contributed by atoms with E-state index < -0.39 is 0 Å². The molecule has 0 radical (unpaired) electrons. The Hall–Kier alpha value is -0.800. The lowest BCUT2D eigenvalue weighted by molar-refractivity contribution is 0.0916. The number of rotatable bonds is 7. The molecule has 0 bridgehead atoms. The number of hydrogen-bond acceptors (Lipinski definition) is 3. The molecule has 1 N–H and O–H groups in total. The van der Waals surface area contributed by atoms with Crippen molar-refractivity contribution in [2.24, 2.45) is 0 Å². The summed E-state index contributed by atoms with van der Waals surface area (Å²) in [5, 5.41) is 3.57.